The van der Waals surface area contributed by atoms with Gasteiger partial charge in [0.25, 0.3) is 0 Å². The van der Waals surface area contributed by atoms with Crippen molar-refractivity contribution in [2.24, 2.45) is 0 Å². The van der Waals surface area contributed by atoms with E-state index in [0.717, 1.165) is 10.9 Å². The molecule has 0 fully saturated rings. The normalized spacial score (nSPS) is 10.5. The van der Waals surface area contributed by atoms with Crippen molar-refractivity contribution in [1.29, 1.82) is 0 Å². The molecule has 0 unspecified atom stereocenters. The maximum absolute atomic E-state index is 10.7. The van der Waals surface area contributed by atoms with E-state index < -0.39 is 5.97 Å². The molecule has 4 nitrogen and oxygen atoms in total. The lowest BCUT2D eigenvalue weighted by atomic mass is 10.1. The molecular weight excluding hydrogens is 192 g/mol. The van der Waals surface area contributed by atoms with Gasteiger partial charge in [-0.3, -0.25) is 4.98 Å². The van der Waals surface area contributed by atoms with Crippen molar-refractivity contribution < 1.29 is 9.90 Å². The minimum absolute atomic E-state index is 0.187. The Labute approximate surface area is 86.4 Å². The summed E-state index contributed by atoms with van der Waals surface area (Å²) < 4.78 is 0. The van der Waals surface area contributed by atoms with Crippen molar-refractivity contribution in [3.8, 4) is 0 Å². The summed E-state index contributed by atoms with van der Waals surface area (Å²) in [5.41, 5.74) is 8.21. The molecule has 0 amide bonds. The molecule has 1 aromatic carbocycles. The van der Waals surface area contributed by atoms with Gasteiger partial charge in [0.15, 0.2) is 0 Å². The lowest BCUT2D eigenvalue weighted by Crippen LogP contribution is -1.98. The summed E-state index contributed by atoms with van der Waals surface area (Å²) in [4.78, 5) is 14.8. The van der Waals surface area contributed by atoms with E-state index in [1.165, 1.54) is 6.20 Å². The Morgan fingerprint density at radius 3 is 2.80 bits per heavy atom. The van der Waals surface area contributed by atoms with Crippen LogP contribution in [-0.4, -0.2) is 16.1 Å². The third-order valence-electron chi connectivity index (χ3n) is 2.32. The molecule has 0 aliphatic carbocycles. The second-order valence-electron chi connectivity index (χ2n) is 3.43. The SMILES string of the molecule is Cc1cc2cc(C(=O)O)cnc2cc1N. The molecule has 1 aromatic heterocycles. The van der Waals surface area contributed by atoms with E-state index in [9.17, 15) is 4.79 Å². The van der Waals surface area contributed by atoms with Gasteiger partial charge in [-0.05, 0) is 30.7 Å². The minimum atomic E-state index is -0.973. The largest absolute Gasteiger partial charge is 0.478 e. The molecule has 76 valence electrons. The molecule has 3 N–H and O–H groups in total. The zero-order valence-corrected chi connectivity index (χ0v) is 8.19. The molecule has 0 radical (unpaired) electrons. The van der Waals surface area contributed by atoms with Crippen LogP contribution in [-0.2, 0) is 0 Å². The van der Waals surface area contributed by atoms with Crippen LogP contribution < -0.4 is 5.73 Å². The van der Waals surface area contributed by atoms with Crippen molar-refractivity contribution in [2.45, 2.75) is 6.92 Å². The molecule has 1 heterocycles. The number of nitrogens with zero attached hydrogens (tertiary/aromatic N) is 1. The maximum Gasteiger partial charge on any atom is 0.337 e. The molecule has 0 saturated carbocycles. The van der Waals surface area contributed by atoms with Gasteiger partial charge in [-0.15, -0.1) is 0 Å². The summed E-state index contributed by atoms with van der Waals surface area (Å²) in [5.74, 6) is -0.973. The Kier molecular flexibility index (Phi) is 2.04. The number of carboxylic acids is 1. The highest BCUT2D eigenvalue weighted by molar-refractivity contribution is 5.93. The zero-order chi connectivity index (χ0) is 11.0. The van der Waals surface area contributed by atoms with Crippen LogP contribution in [0.25, 0.3) is 10.9 Å². The van der Waals surface area contributed by atoms with Crippen LogP contribution in [0.4, 0.5) is 5.69 Å². The van der Waals surface area contributed by atoms with Gasteiger partial charge in [-0.25, -0.2) is 4.79 Å². The Bertz CT molecular complexity index is 550. The van der Waals surface area contributed by atoms with Crippen LogP contribution >= 0.6 is 0 Å². The molecular formula is C11H10N2O2. The third-order valence-corrected chi connectivity index (χ3v) is 2.32. The van der Waals surface area contributed by atoms with Crippen molar-refractivity contribution in [1.82, 2.24) is 4.98 Å². The Morgan fingerprint density at radius 1 is 1.40 bits per heavy atom. The number of rotatable bonds is 1. The minimum Gasteiger partial charge on any atom is -0.478 e. The average Bonchev–Trinajstić information content (AvgIpc) is 2.19. The van der Waals surface area contributed by atoms with Crippen molar-refractivity contribution in [3.05, 3.63) is 35.5 Å². The van der Waals surface area contributed by atoms with Crippen LogP contribution in [0.15, 0.2) is 24.4 Å². The highest BCUT2D eigenvalue weighted by Gasteiger charge is 2.05. The summed E-state index contributed by atoms with van der Waals surface area (Å²) >= 11 is 0. The molecule has 4 heteroatoms. The standard InChI is InChI=1S/C11H10N2O2/c1-6-2-7-3-8(11(14)15)5-13-10(7)4-9(6)12/h2-5H,12H2,1H3,(H,14,15). The van der Waals surface area contributed by atoms with Crippen LogP contribution in [0.1, 0.15) is 15.9 Å². The highest BCUT2D eigenvalue weighted by atomic mass is 16.4. The number of nitrogen functional groups attached to an aromatic ring is 1. The summed E-state index contributed by atoms with van der Waals surface area (Å²) in [7, 11) is 0. The number of anilines is 1. The molecule has 0 atom stereocenters. The van der Waals surface area contributed by atoms with Gasteiger partial charge >= 0.3 is 5.97 Å². The highest BCUT2D eigenvalue weighted by Crippen LogP contribution is 2.20. The molecule has 0 aliphatic rings. The number of nitrogens with two attached hydrogens (primary N) is 1. The summed E-state index contributed by atoms with van der Waals surface area (Å²) in [5, 5.41) is 9.60. The van der Waals surface area contributed by atoms with E-state index >= 15 is 0 Å². The molecule has 0 aliphatic heterocycles. The van der Waals surface area contributed by atoms with E-state index in [1.807, 2.05) is 13.0 Å². The number of aromatic carboxylic acids is 1. The number of hydrogen-bond acceptors (Lipinski definition) is 3. The predicted molar refractivity (Wildman–Crippen MR) is 57.9 cm³/mol. The van der Waals surface area contributed by atoms with Crippen molar-refractivity contribution >= 4 is 22.6 Å². The number of carbonyl (C=O) groups is 1. The predicted octanol–water partition coefficient (Wildman–Crippen LogP) is 1.82. The van der Waals surface area contributed by atoms with Crippen LogP contribution in [0.5, 0.6) is 0 Å². The number of pyridine rings is 1. The third kappa shape index (κ3) is 1.61. The molecule has 0 spiro atoms. The number of aryl methyl sites for hydroxylation is 1. The molecule has 2 aromatic rings. The second-order valence-corrected chi connectivity index (χ2v) is 3.43. The topological polar surface area (TPSA) is 76.2 Å². The Morgan fingerprint density at radius 2 is 2.13 bits per heavy atom. The van der Waals surface area contributed by atoms with Gasteiger partial charge in [0.1, 0.15) is 0 Å². The monoisotopic (exact) mass is 202 g/mol. The molecule has 0 saturated heterocycles. The fraction of sp³-hybridized carbons (Fsp3) is 0.0909. The van der Waals surface area contributed by atoms with Crippen LogP contribution in [0, 0.1) is 6.92 Å². The number of aromatic nitrogens is 1. The first kappa shape index (κ1) is 9.45. The fourth-order valence-corrected chi connectivity index (χ4v) is 1.42. The summed E-state index contributed by atoms with van der Waals surface area (Å²) in [6.07, 6.45) is 1.33. The summed E-state index contributed by atoms with van der Waals surface area (Å²) in [6, 6.07) is 5.18. The van der Waals surface area contributed by atoms with Gasteiger partial charge < -0.3 is 10.8 Å². The first-order valence-electron chi connectivity index (χ1n) is 4.47. The first-order chi connectivity index (χ1) is 7.08. The van der Waals surface area contributed by atoms with Crippen LogP contribution in [0.2, 0.25) is 0 Å². The number of fused-ring (bicyclic) bond motifs is 1. The van der Waals surface area contributed by atoms with E-state index in [-0.39, 0.29) is 5.56 Å². The molecule has 0 bridgehead atoms. The quantitative estimate of drug-likeness (QED) is 0.691. The van der Waals surface area contributed by atoms with Gasteiger partial charge in [0.05, 0.1) is 11.1 Å². The lowest BCUT2D eigenvalue weighted by Gasteiger charge is -2.03. The van der Waals surface area contributed by atoms with Crippen molar-refractivity contribution in [2.75, 3.05) is 5.73 Å². The van der Waals surface area contributed by atoms with E-state index in [1.54, 1.807) is 12.1 Å². The molecule has 2 rings (SSSR count). The Hall–Kier alpha value is -2.10. The average molecular weight is 202 g/mol. The fourth-order valence-electron chi connectivity index (χ4n) is 1.42. The smallest absolute Gasteiger partial charge is 0.337 e. The number of carboxylic acid groups (broad SMARTS) is 1. The second kappa shape index (κ2) is 3.24. The molecule has 15 heavy (non-hydrogen) atoms. The first-order valence-corrected chi connectivity index (χ1v) is 4.47. The van der Waals surface area contributed by atoms with Gasteiger partial charge in [-0.2, -0.15) is 0 Å². The van der Waals surface area contributed by atoms with Crippen molar-refractivity contribution in [3.63, 3.8) is 0 Å². The summed E-state index contributed by atoms with van der Waals surface area (Å²) in [6.45, 7) is 1.88. The van der Waals surface area contributed by atoms with E-state index in [0.29, 0.717) is 11.2 Å². The number of hydrogen-bond donors (Lipinski definition) is 2. The van der Waals surface area contributed by atoms with Crippen LogP contribution in [0.3, 0.4) is 0 Å². The van der Waals surface area contributed by atoms with E-state index in [2.05, 4.69) is 4.98 Å². The number of benzene rings is 1. The lowest BCUT2D eigenvalue weighted by molar-refractivity contribution is 0.0696. The van der Waals surface area contributed by atoms with Gasteiger partial charge in [0, 0.05) is 17.3 Å². The van der Waals surface area contributed by atoms with E-state index in [4.69, 9.17) is 10.8 Å². The maximum atomic E-state index is 10.7. The van der Waals surface area contributed by atoms with Gasteiger partial charge in [-0.1, -0.05) is 0 Å². The Balaban J connectivity index is 2.72. The van der Waals surface area contributed by atoms with Gasteiger partial charge in [0.2, 0.25) is 0 Å². The zero-order valence-electron chi connectivity index (χ0n) is 8.19.